The van der Waals surface area contributed by atoms with Crippen LogP contribution in [0.15, 0.2) is 83.9 Å². The van der Waals surface area contributed by atoms with Gasteiger partial charge in [0.1, 0.15) is 17.1 Å². The highest BCUT2D eigenvalue weighted by Gasteiger charge is 2.53. The molecule has 0 unspecified atom stereocenters. The first-order chi connectivity index (χ1) is 20.6. The number of methoxy groups -OCH3 is 1. The molecule has 2 atom stereocenters. The zero-order valence-electron chi connectivity index (χ0n) is 25.2. The normalized spacial score (nSPS) is 17.9. The number of aliphatic hydroxyl groups excluding tert-OH is 1. The van der Waals surface area contributed by atoms with E-state index in [1.807, 2.05) is 66.7 Å². The molecule has 1 aliphatic heterocycles. The highest BCUT2D eigenvalue weighted by Crippen LogP contribution is 2.43. The molecule has 4 rings (SSSR count). The predicted molar refractivity (Wildman–Crippen MR) is 163 cm³/mol. The fraction of sp³-hybridized carbons (Fsp3) is 0.382. The Morgan fingerprint density at radius 2 is 1.65 bits per heavy atom. The molecular formula is C34H40N2O7. The number of ether oxygens (including phenoxy) is 4. The first-order valence-electron chi connectivity index (χ1n) is 14.4. The standard InChI is InChI=1S/C34H40N2O7/c1-33(2,3)43-29(38)19-20-34(32(39)35-23-24-11-15-27(40-4)16-12-24)30(25-9-6-5-7-10-25)42-31(36-34)26-13-17-28(18-14-26)41-22-8-21-37/h5-7,9-18,30,37H,8,19-23H2,1-4H3,(H,35,39)/t30-,34-/m1/s1. The molecule has 0 aromatic heterocycles. The van der Waals surface area contributed by atoms with E-state index in [-0.39, 0.29) is 31.9 Å². The number of aliphatic hydroxyl groups is 1. The van der Waals surface area contributed by atoms with Crippen LogP contribution in [-0.4, -0.2) is 54.3 Å². The molecule has 228 valence electrons. The number of carbonyl (C=O) groups excluding carboxylic acids is 2. The number of rotatable bonds is 13. The molecule has 1 amide bonds. The number of nitrogens with zero attached hydrogens (tertiary/aromatic N) is 1. The Hall–Kier alpha value is -4.37. The van der Waals surface area contributed by atoms with Crippen molar-refractivity contribution < 1.29 is 33.6 Å². The van der Waals surface area contributed by atoms with Crippen LogP contribution >= 0.6 is 0 Å². The third kappa shape index (κ3) is 8.35. The number of hydrogen-bond donors (Lipinski definition) is 2. The van der Waals surface area contributed by atoms with Crippen molar-refractivity contribution in [2.75, 3.05) is 20.3 Å². The van der Waals surface area contributed by atoms with E-state index in [4.69, 9.17) is 29.0 Å². The van der Waals surface area contributed by atoms with Crippen LogP contribution in [0.4, 0.5) is 0 Å². The zero-order valence-corrected chi connectivity index (χ0v) is 25.2. The van der Waals surface area contributed by atoms with Crippen LogP contribution in [0.5, 0.6) is 11.5 Å². The lowest BCUT2D eigenvalue weighted by Gasteiger charge is -2.31. The average Bonchev–Trinajstić information content (AvgIpc) is 3.40. The van der Waals surface area contributed by atoms with Crippen molar-refractivity contribution in [2.45, 2.75) is 63.8 Å². The van der Waals surface area contributed by atoms with E-state index in [1.165, 1.54) is 0 Å². The molecular weight excluding hydrogens is 548 g/mol. The Morgan fingerprint density at radius 3 is 2.28 bits per heavy atom. The summed E-state index contributed by atoms with van der Waals surface area (Å²) >= 11 is 0. The summed E-state index contributed by atoms with van der Waals surface area (Å²) in [4.78, 5) is 32.0. The molecule has 2 N–H and O–H groups in total. The molecule has 0 radical (unpaired) electrons. The van der Waals surface area contributed by atoms with Crippen LogP contribution in [0.25, 0.3) is 0 Å². The fourth-order valence-electron chi connectivity index (χ4n) is 4.76. The maximum atomic E-state index is 14.2. The van der Waals surface area contributed by atoms with Gasteiger partial charge in [0.25, 0.3) is 5.91 Å². The lowest BCUT2D eigenvalue weighted by atomic mass is 9.83. The highest BCUT2D eigenvalue weighted by molar-refractivity contribution is 6.01. The van der Waals surface area contributed by atoms with Gasteiger partial charge in [-0.15, -0.1) is 0 Å². The van der Waals surface area contributed by atoms with Crippen molar-refractivity contribution in [1.29, 1.82) is 0 Å². The van der Waals surface area contributed by atoms with Crippen LogP contribution in [-0.2, 0) is 25.6 Å². The number of nitrogens with one attached hydrogen (secondary N) is 1. The molecule has 0 spiro atoms. The number of benzene rings is 3. The van der Waals surface area contributed by atoms with Crippen molar-refractivity contribution in [1.82, 2.24) is 5.32 Å². The molecule has 9 heteroatoms. The van der Waals surface area contributed by atoms with Gasteiger partial charge in [-0.25, -0.2) is 4.99 Å². The monoisotopic (exact) mass is 588 g/mol. The van der Waals surface area contributed by atoms with E-state index in [9.17, 15) is 9.59 Å². The largest absolute Gasteiger partial charge is 0.497 e. The van der Waals surface area contributed by atoms with Gasteiger partial charge in [-0.3, -0.25) is 9.59 Å². The van der Waals surface area contributed by atoms with Crippen LogP contribution < -0.4 is 14.8 Å². The number of carbonyl (C=O) groups is 2. The quantitative estimate of drug-likeness (QED) is 0.210. The Bertz CT molecular complexity index is 1380. The number of amides is 1. The number of aliphatic imine (C=N–C) groups is 1. The van der Waals surface area contributed by atoms with Crippen molar-refractivity contribution in [2.24, 2.45) is 4.99 Å². The van der Waals surface area contributed by atoms with Crippen LogP contribution in [0, 0.1) is 0 Å². The average molecular weight is 589 g/mol. The van der Waals surface area contributed by atoms with Gasteiger partial charge in [0.15, 0.2) is 11.6 Å². The second-order valence-corrected chi connectivity index (χ2v) is 11.3. The minimum absolute atomic E-state index is 0.0334. The van der Waals surface area contributed by atoms with Gasteiger partial charge < -0.3 is 29.4 Å². The zero-order chi connectivity index (χ0) is 30.9. The van der Waals surface area contributed by atoms with E-state index < -0.39 is 23.2 Å². The molecule has 0 saturated heterocycles. The summed E-state index contributed by atoms with van der Waals surface area (Å²) in [7, 11) is 1.60. The van der Waals surface area contributed by atoms with Crippen LogP contribution in [0.3, 0.4) is 0 Å². The van der Waals surface area contributed by atoms with E-state index in [0.29, 0.717) is 30.2 Å². The third-order valence-electron chi connectivity index (χ3n) is 6.87. The van der Waals surface area contributed by atoms with Crippen LogP contribution in [0.1, 0.15) is 62.8 Å². The topological polar surface area (TPSA) is 116 Å². The molecule has 9 nitrogen and oxygen atoms in total. The maximum Gasteiger partial charge on any atom is 0.306 e. The molecule has 0 fully saturated rings. The predicted octanol–water partition coefficient (Wildman–Crippen LogP) is 5.15. The lowest BCUT2D eigenvalue weighted by Crippen LogP contribution is -2.48. The van der Waals surface area contributed by atoms with Gasteiger partial charge in [-0.1, -0.05) is 42.5 Å². The Labute approximate surface area is 252 Å². The van der Waals surface area contributed by atoms with Crippen molar-refractivity contribution in [3.05, 3.63) is 95.6 Å². The first-order valence-corrected chi connectivity index (χ1v) is 14.4. The molecule has 0 bridgehead atoms. The van der Waals surface area contributed by atoms with Gasteiger partial charge >= 0.3 is 5.97 Å². The second kappa shape index (κ2) is 14.2. The van der Waals surface area contributed by atoms with Gasteiger partial charge in [0.2, 0.25) is 5.90 Å². The molecule has 3 aromatic rings. The summed E-state index contributed by atoms with van der Waals surface area (Å²) in [5, 5.41) is 12.1. The lowest BCUT2D eigenvalue weighted by molar-refractivity contribution is -0.155. The van der Waals surface area contributed by atoms with Gasteiger partial charge in [-0.05, 0) is 74.7 Å². The van der Waals surface area contributed by atoms with Crippen molar-refractivity contribution >= 4 is 17.8 Å². The van der Waals surface area contributed by atoms with Crippen molar-refractivity contribution in [3.8, 4) is 11.5 Å². The summed E-state index contributed by atoms with van der Waals surface area (Å²) in [5.41, 5.74) is 0.191. The smallest absolute Gasteiger partial charge is 0.306 e. The molecule has 0 saturated carbocycles. The summed E-state index contributed by atoms with van der Waals surface area (Å²) in [6.07, 6.45) is -0.222. The molecule has 1 aliphatic rings. The summed E-state index contributed by atoms with van der Waals surface area (Å²) in [5.74, 6) is 0.869. The molecule has 0 aliphatic carbocycles. The Balaban J connectivity index is 1.68. The highest BCUT2D eigenvalue weighted by atomic mass is 16.6. The van der Waals surface area contributed by atoms with Gasteiger partial charge in [0, 0.05) is 31.6 Å². The molecule has 3 aromatic carbocycles. The molecule has 43 heavy (non-hydrogen) atoms. The number of hydrogen-bond acceptors (Lipinski definition) is 8. The van der Waals surface area contributed by atoms with E-state index in [0.717, 1.165) is 16.9 Å². The van der Waals surface area contributed by atoms with E-state index in [2.05, 4.69) is 5.32 Å². The third-order valence-corrected chi connectivity index (χ3v) is 6.87. The Kier molecular flexibility index (Phi) is 10.4. The second-order valence-electron chi connectivity index (χ2n) is 11.3. The number of esters is 1. The van der Waals surface area contributed by atoms with Crippen molar-refractivity contribution in [3.63, 3.8) is 0 Å². The van der Waals surface area contributed by atoms with Gasteiger partial charge in [-0.2, -0.15) is 0 Å². The molecule has 1 heterocycles. The van der Waals surface area contributed by atoms with Crippen LogP contribution in [0.2, 0.25) is 0 Å². The summed E-state index contributed by atoms with van der Waals surface area (Å²) in [6, 6.07) is 24.1. The SMILES string of the molecule is COc1ccc(CNC(=O)[C@]2(CCC(=O)OC(C)(C)C)N=C(c3ccc(OCCCO)cc3)O[C@@H]2c2ccccc2)cc1. The fourth-order valence-corrected chi connectivity index (χ4v) is 4.76. The first kappa shape index (κ1) is 31.6. The Morgan fingerprint density at radius 1 is 0.977 bits per heavy atom. The summed E-state index contributed by atoms with van der Waals surface area (Å²) < 4.78 is 23.0. The maximum absolute atomic E-state index is 14.2. The minimum atomic E-state index is -1.45. The summed E-state index contributed by atoms with van der Waals surface area (Å²) in [6.45, 7) is 6.12. The van der Waals surface area contributed by atoms with E-state index in [1.54, 1.807) is 40.0 Å². The van der Waals surface area contributed by atoms with E-state index >= 15 is 0 Å². The minimum Gasteiger partial charge on any atom is -0.497 e. The van der Waals surface area contributed by atoms with Gasteiger partial charge in [0.05, 0.1) is 13.7 Å².